The molecule has 3 aliphatic carbocycles. The van der Waals surface area contributed by atoms with Gasteiger partial charge in [-0.3, -0.25) is 4.79 Å². The monoisotopic (exact) mass is 330 g/mol. The highest BCUT2D eigenvalue weighted by Crippen LogP contribution is 2.64. The lowest BCUT2D eigenvalue weighted by Crippen LogP contribution is -2.59. The molecule has 0 aromatic rings. The van der Waals surface area contributed by atoms with E-state index in [1.165, 1.54) is 24.0 Å². The summed E-state index contributed by atoms with van der Waals surface area (Å²) in [6, 6.07) is 0. The minimum absolute atomic E-state index is 0.0449. The minimum Gasteiger partial charge on any atom is -0.469 e. The third kappa shape index (κ3) is 2.48. The molecular formula is C22H34O2. The van der Waals surface area contributed by atoms with Crippen LogP contribution < -0.4 is 0 Å². The third-order valence-corrected chi connectivity index (χ3v) is 7.49. The number of esters is 1. The largest absolute Gasteiger partial charge is 0.469 e. The van der Waals surface area contributed by atoms with Gasteiger partial charge in [0.05, 0.1) is 12.5 Å². The number of allylic oxidation sites excluding steroid dienone is 4. The minimum atomic E-state index is -0.301. The van der Waals surface area contributed by atoms with Gasteiger partial charge in [0, 0.05) is 0 Å². The Kier molecular flexibility index (Phi) is 4.70. The van der Waals surface area contributed by atoms with Gasteiger partial charge in [-0.15, -0.1) is 0 Å². The van der Waals surface area contributed by atoms with E-state index >= 15 is 0 Å². The zero-order valence-corrected chi connectivity index (χ0v) is 16.3. The van der Waals surface area contributed by atoms with Crippen LogP contribution in [-0.4, -0.2) is 13.1 Å². The molecule has 0 aromatic heterocycles. The van der Waals surface area contributed by atoms with Crippen molar-refractivity contribution in [3.63, 3.8) is 0 Å². The Labute approximate surface area is 147 Å². The van der Waals surface area contributed by atoms with Crippen LogP contribution in [0.25, 0.3) is 0 Å². The van der Waals surface area contributed by atoms with E-state index < -0.39 is 0 Å². The van der Waals surface area contributed by atoms with Gasteiger partial charge in [0.15, 0.2) is 0 Å². The Morgan fingerprint density at radius 3 is 2.62 bits per heavy atom. The maximum absolute atomic E-state index is 13.0. The molecule has 0 radical (unpaired) electrons. The van der Waals surface area contributed by atoms with Crippen molar-refractivity contribution < 1.29 is 9.53 Å². The van der Waals surface area contributed by atoms with Crippen molar-refractivity contribution in [2.75, 3.05) is 7.11 Å². The average Bonchev–Trinajstić information content (AvgIpc) is 2.53. The first-order valence-electron chi connectivity index (χ1n) is 9.73. The summed E-state index contributed by atoms with van der Waals surface area (Å²) >= 11 is 0. The van der Waals surface area contributed by atoms with Gasteiger partial charge in [0.25, 0.3) is 0 Å². The van der Waals surface area contributed by atoms with Crippen LogP contribution in [0.1, 0.15) is 60.3 Å². The topological polar surface area (TPSA) is 26.3 Å². The van der Waals surface area contributed by atoms with Gasteiger partial charge in [-0.25, -0.2) is 0 Å². The molecule has 0 heterocycles. The summed E-state index contributed by atoms with van der Waals surface area (Å²) in [7, 11) is 1.58. The average molecular weight is 331 g/mol. The molecule has 2 saturated carbocycles. The fourth-order valence-corrected chi connectivity index (χ4v) is 6.47. The Balaban J connectivity index is 2.14. The number of hydrogen-bond acceptors (Lipinski definition) is 2. The second kappa shape index (κ2) is 6.35. The lowest BCUT2D eigenvalue weighted by Gasteiger charge is -2.60. The quantitative estimate of drug-likeness (QED) is 0.501. The molecule has 0 bridgehead atoms. The first-order valence-corrected chi connectivity index (χ1v) is 9.73. The van der Waals surface area contributed by atoms with Gasteiger partial charge in [-0.1, -0.05) is 37.1 Å². The molecule has 7 atom stereocenters. The lowest BCUT2D eigenvalue weighted by atomic mass is 9.43. The van der Waals surface area contributed by atoms with Crippen LogP contribution in [0.2, 0.25) is 0 Å². The lowest BCUT2D eigenvalue weighted by molar-refractivity contribution is -0.177. The summed E-state index contributed by atoms with van der Waals surface area (Å²) in [6.45, 7) is 11.4. The van der Waals surface area contributed by atoms with Crippen LogP contribution in [0.4, 0.5) is 0 Å². The number of hydrogen-bond donors (Lipinski definition) is 0. The third-order valence-electron chi connectivity index (χ3n) is 7.49. The Hall–Kier alpha value is -1.05. The highest BCUT2D eigenvalue weighted by Gasteiger charge is 2.62. The van der Waals surface area contributed by atoms with Crippen LogP contribution in [-0.2, 0) is 9.53 Å². The van der Waals surface area contributed by atoms with E-state index in [1.54, 1.807) is 7.11 Å². The van der Waals surface area contributed by atoms with Gasteiger partial charge >= 0.3 is 5.97 Å². The number of carbonyl (C=O) groups is 1. The van der Waals surface area contributed by atoms with Crippen LogP contribution in [0.15, 0.2) is 23.3 Å². The number of ether oxygens (including phenoxy) is 1. The van der Waals surface area contributed by atoms with Gasteiger partial charge in [0.2, 0.25) is 0 Å². The van der Waals surface area contributed by atoms with E-state index in [0.717, 1.165) is 12.8 Å². The molecule has 0 unspecified atom stereocenters. The van der Waals surface area contributed by atoms with E-state index in [4.69, 9.17) is 4.74 Å². The molecule has 2 nitrogen and oxygen atoms in total. The fraction of sp³-hybridized carbons (Fsp3) is 0.773. The maximum atomic E-state index is 13.0. The summed E-state index contributed by atoms with van der Waals surface area (Å²) in [5.41, 5.74) is 2.61. The molecule has 3 aliphatic rings. The SMILES string of the molecule is COC(=O)[C@]12CC=C(C)[C@@H]3[C@@H]1[C@H](CC[C@@H]2C)[C@@H](C)C[C@H]3C=C(C)C. The molecule has 0 saturated heterocycles. The van der Waals surface area contributed by atoms with Crippen LogP contribution in [0, 0.1) is 40.9 Å². The molecule has 24 heavy (non-hydrogen) atoms. The summed E-state index contributed by atoms with van der Waals surface area (Å²) < 4.78 is 5.39. The van der Waals surface area contributed by atoms with Crippen molar-refractivity contribution in [2.24, 2.45) is 40.9 Å². The zero-order chi connectivity index (χ0) is 17.6. The van der Waals surface area contributed by atoms with Crippen LogP contribution in [0.3, 0.4) is 0 Å². The highest BCUT2D eigenvalue weighted by atomic mass is 16.5. The van der Waals surface area contributed by atoms with Crippen molar-refractivity contribution in [2.45, 2.75) is 60.3 Å². The predicted octanol–water partition coefficient (Wildman–Crippen LogP) is 5.40. The Morgan fingerprint density at radius 2 is 2.00 bits per heavy atom. The smallest absolute Gasteiger partial charge is 0.312 e. The molecule has 0 aliphatic heterocycles. The van der Waals surface area contributed by atoms with Crippen molar-refractivity contribution in [3.05, 3.63) is 23.3 Å². The van der Waals surface area contributed by atoms with Crippen molar-refractivity contribution in [1.29, 1.82) is 0 Å². The van der Waals surface area contributed by atoms with Gasteiger partial charge in [-0.2, -0.15) is 0 Å². The normalized spacial score (nSPS) is 44.2. The first-order chi connectivity index (χ1) is 11.3. The van der Waals surface area contributed by atoms with Crippen LogP contribution in [0.5, 0.6) is 0 Å². The molecule has 3 rings (SSSR count). The summed E-state index contributed by atoms with van der Waals surface area (Å²) in [4.78, 5) is 13.0. The number of rotatable bonds is 2. The standard InChI is InChI=1S/C22H34O2/c1-13(2)11-17-12-15(4)18-8-7-16(5)22(21(23)24-6)10-9-14(3)19(17)20(18)22/h9,11,15-20H,7-8,10,12H2,1-6H3/t15-,16-,17+,18+,19-,20-,22-/m0/s1. The number of carbonyl (C=O) groups excluding carboxylic acids is 1. The summed E-state index contributed by atoms with van der Waals surface area (Å²) in [5, 5.41) is 0. The van der Waals surface area contributed by atoms with E-state index in [-0.39, 0.29) is 11.4 Å². The van der Waals surface area contributed by atoms with E-state index in [9.17, 15) is 4.79 Å². The Bertz CT molecular complexity index is 569. The first kappa shape index (κ1) is 17.8. The second-order valence-electron chi connectivity index (χ2n) is 9.00. The molecule has 2 heteroatoms. The number of methoxy groups -OCH3 is 1. The van der Waals surface area contributed by atoms with E-state index in [0.29, 0.717) is 35.5 Å². The van der Waals surface area contributed by atoms with Gasteiger partial charge in [0.1, 0.15) is 0 Å². The molecule has 2 fully saturated rings. The maximum Gasteiger partial charge on any atom is 0.312 e. The Morgan fingerprint density at radius 1 is 1.29 bits per heavy atom. The predicted molar refractivity (Wildman–Crippen MR) is 98.4 cm³/mol. The molecule has 134 valence electrons. The summed E-state index contributed by atoms with van der Waals surface area (Å²) in [5.74, 6) is 3.33. The molecule has 0 spiro atoms. The highest BCUT2D eigenvalue weighted by molar-refractivity contribution is 5.78. The van der Waals surface area contributed by atoms with Gasteiger partial charge in [-0.05, 0) is 82.0 Å². The van der Waals surface area contributed by atoms with E-state index in [1.807, 2.05) is 0 Å². The van der Waals surface area contributed by atoms with Crippen molar-refractivity contribution >= 4 is 5.97 Å². The zero-order valence-electron chi connectivity index (χ0n) is 16.3. The fourth-order valence-electron chi connectivity index (χ4n) is 6.47. The second-order valence-corrected chi connectivity index (χ2v) is 9.00. The van der Waals surface area contributed by atoms with Crippen LogP contribution >= 0.6 is 0 Å². The van der Waals surface area contributed by atoms with Crippen molar-refractivity contribution in [1.82, 2.24) is 0 Å². The molecular weight excluding hydrogens is 296 g/mol. The summed E-state index contributed by atoms with van der Waals surface area (Å²) in [6.07, 6.45) is 9.40. The van der Waals surface area contributed by atoms with Gasteiger partial charge < -0.3 is 4.74 Å². The molecule has 0 amide bonds. The molecule has 0 aromatic carbocycles. The molecule has 0 N–H and O–H groups in total. The van der Waals surface area contributed by atoms with Crippen molar-refractivity contribution in [3.8, 4) is 0 Å². The van der Waals surface area contributed by atoms with E-state index in [2.05, 4.69) is 46.8 Å².